The van der Waals surface area contributed by atoms with E-state index in [1.54, 1.807) is 0 Å². The molecule has 0 spiro atoms. The van der Waals surface area contributed by atoms with E-state index in [-0.39, 0.29) is 11.1 Å². The maximum atomic E-state index is 10.8. The summed E-state index contributed by atoms with van der Waals surface area (Å²) in [5, 5.41) is 35.0. The molecule has 0 unspecified atom stereocenters. The Morgan fingerprint density at radius 2 is 1.00 bits per heavy atom. The molecule has 0 amide bonds. The molecule has 22 heavy (non-hydrogen) atoms. The first-order valence-electron chi connectivity index (χ1n) is 5.69. The van der Waals surface area contributed by atoms with E-state index >= 15 is 0 Å². The average molecular weight is 306 g/mol. The molecular weight excluding hydrogens is 296 g/mol. The zero-order chi connectivity index (χ0) is 16.9. The van der Waals surface area contributed by atoms with Crippen LogP contribution in [0.5, 0.6) is 0 Å². The Hall–Kier alpha value is -3.42. The van der Waals surface area contributed by atoms with Crippen LogP contribution in [-0.4, -0.2) is 44.3 Å². The molecule has 8 nitrogen and oxygen atoms in total. The number of carboxylic acids is 4. The van der Waals surface area contributed by atoms with Gasteiger partial charge in [-0.05, 0) is 29.3 Å². The highest BCUT2D eigenvalue weighted by Crippen LogP contribution is 2.14. The minimum atomic E-state index is -1.63. The molecule has 0 saturated heterocycles. The van der Waals surface area contributed by atoms with Gasteiger partial charge in [-0.3, -0.25) is 0 Å². The molecule has 0 saturated carbocycles. The minimum absolute atomic E-state index is 0.170. The van der Waals surface area contributed by atoms with Crippen molar-refractivity contribution < 1.29 is 39.6 Å². The topological polar surface area (TPSA) is 149 Å². The number of benzene rings is 1. The summed E-state index contributed by atoms with van der Waals surface area (Å²) in [6.07, 6.45) is 1.76. The van der Waals surface area contributed by atoms with Crippen molar-refractivity contribution in [2.45, 2.75) is 0 Å². The van der Waals surface area contributed by atoms with Gasteiger partial charge < -0.3 is 20.4 Å². The molecule has 0 atom stereocenters. The van der Waals surface area contributed by atoms with Crippen LogP contribution < -0.4 is 0 Å². The SMILES string of the molecule is O=C(O)C(=Cc1cccc(C=C(C(=O)O)C(=O)O)c1)C(=O)O. The van der Waals surface area contributed by atoms with Gasteiger partial charge in [0, 0.05) is 0 Å². The van der Waals surface area contributed by atoms with Gasteiger partial charge >= 0.3 is 23.9 Å². The summed E-state index contributed by atoms with van der Waals surface area (Å²) in [6, 6.07) is 5.45. The normalized spacial score (nSPS) is 9.45. The van der Waals surface area contributed by atoms with Gasteiger partial charge in [-0.1, -0.05) is 18.2 Å². The molecule has 0 heterocycles. The molecular formula is C14H10O8. The molecule has 1 rings (SSSR count). The summed E-state index contributed by atoms with van der Waals surface area (Å²) in [5.41, 5.74) is -1.41. The van der Waals surface area contributed by atoms with E-state index in [0.29, 0.717) is 0 Å². The second-order valence-electron chi connectivity index (χ2n) is 4.01. The molecule has 0 fully saturated rings. The van der Waals surface area contributed by atoms with Gasteiger partial charge in [-0.25, -0.2) is 19.2 Å². The fourth-order valence-electron chi connectivity index (χ4n) is 1.50. The second kappa shape index (κ2) is 6.84. The third-order valence-corrected chi connectivity index (χ3v) is 2.45. The van der Waals surface area contributed by atoms with Crippen molar-refractivity contribution in [2.75, 3.05) is 0 Å². The lowest BCUT2D eigenvalue weighted by molar-refractivity contribution is -0.142. The molecule has 1 aromatic rings. The summed E-state index contributed by atoms with van der Waals surface area (Å²) in [5.74, 6) is -6.54. The number of rotatable bonds is 6. The third kappa shape index (κ3) is 4.30. The molecule has 0 aliphatic rings. The molecule has 1 aromatic carbocycles. The van der Waals surface area contributed by atoms with Crippen molar-refractivity contribution in [3.8, 4) is 0 Å². The fourth-order valence-corrected chi connectivity index (χ4v) is 1.50. The van der Waals surface area contributed by atoms with Crippen LogP contribution >= 0.6 is 0 Å². The molecule has 0 bridgehead atoms. The second-order valence-corrected chi connectivity index (χ2v) is 4.01. The van der Waals surface area contributed by atoms with E-state index < -0.39 is 35.0 Å². The van der Waals surface area contributed by atoms with Crippen LogP contribution in [0.4, 0.5) is 0 Å². The van der Waals surface area contributed by atoms with Gasteiger partial charge in [0.05, 0.1) is 0 Å². The minimum Gasteiger partial charge on any atom is -0.477 e. The summed E-state index contributed by atoms with van der Waals surface area (Å²) >= 11 is 0. The van der Waals surface area contributed by atoms with Crippen LogP contribution in [0.15, 0.2) is 35.4 Å². The van der Waals surface area contributed by atoms with Crippen molar-refractivity contribution in [2.24, 2.45) is 0 Å². The summed E-state index contributed by atoms with van der Waals surface area (Å²) in [7, 11) is 0. The fraction of sp³-hybridized carbons (Fsp3) is 0. The van der Waals surface area contributed by atoms with Gasteiger partial charge in [-0.15, -0.1) is 0 Å². The number of carboxylic acid groups (broad SMARTS) is 4. The highest BCUT2D eigenvalue weighted by atomic mass is 16.4. The molecule has 0 aliphatic heterocycles. The van der Waals surface area contributed by atoms with Gasteiger partial charge in [0.1, 0.15) is 11.1 Å². The Bertz CT molecular complexity index is 622. The predicted molar refractivity (Wildman–Crippen MR) is 72.9 cm³/mol. The van der Waals surface area contributed by atoms with Crippen LogP contribution in [0, 0.1) is 0 Å². The van der Waals surface area contributed by atoms with Crippen LogP contribution in [0.3, 0.4) is 0 Å². The largest absolute Gasteiger partial charge is 0.477 e. The molecule has 0 aliphatic carbocycles. The number of aliphatic carboxylic acids is 4. The van der Waals surface area contributed by atoms with E-state index in [2.05, 4.69) is 0 Å². The van der Waals surface area contributed by atoms with Crippen molar-refractivity contribution in [3.05, 3.63) is 46.5 Å². The first-order chi connectivity index (χ1) is 10.2. The Balaban J connectivity index is 3.31. The highest BCUT2D eigenvalue weighted by Gasteiger charge is 2.17. The Kier molecular flexibility index (Phi) is 5.17. The zero-order valence-corrected chi connectivity index (χ0v) is 10.9. The summed E-state index contributed by atoms with van der Waals surface area (Å²) < 4.78 is 0. The summed E-state index contributed by atoms with van der Waals surface area (Å²) in [4.78, 5) is 43.1. The molecule has 4 N–H and O–H groups in total. The van der Waals surface area contributed by atoms with Crippen LogP contribution in [-0.2, 0) is 19.2 Å². The number of carbonyl (C=O) groups is 4. The van der Waals surface area contributed by atoms with Gasteiger partial charge in [-0.2, -0.15) is 0 Å². The first-order valence-corrected chi connectivity index (χ1v) is 5.69. The molecule has 0 aromatic heterocycles. The maximum Gasteiger partial charge on any atom is 0.343 e. The Morgan fingerprint density at radius 1 is 0.682 bits per heavy atom. The van der Waals surface area contributed by atoms with Gasteiger partial charge in [0.2, 0.25) is 0 Å². The van der Waals surface area contributed by atoms with Gasteiger partial charge in [0.25, 0.3) is 0 Å². The van der Waals surface area contributed by atoms with Crippen molar-refractivity contribution >= 4 is 36.0 Å². The van der Waals surface area contributed by atoms with Crippen molar-refractivity contribution in [3.63, 3.8) is 0 Å². The smallest absolute Gasteiger partial charge is 0.343 e. The standard InChI is InChI=1S/C14H10O8/c15-11(16)9(12(17)18)5-7-2-1-3-8(4-7)6-10(13(19)20)14(21)22/h1-6H,(H,15,16)(H,17,18)(H,19,20)(H,21,22). The Labute approximate surface area is 123 Å². The highest BCUT2D eigenvalue weighted by molar-refractivity contribution is 6.17. The number of hydrogen-bond acceptors (Lipinski definition) is 4. The van der Waals surface area contributed by atoms with E-state index in [0.717, 1.165) is 12.2 Å². The van der Waals surface area contributed by atoms with Crippen LogP contribution in [0.1, 0.15) is 11.1 Å². The molecule has 8 heteroatoms. The van der Waals surface area contributed by atoms with Gasteiger partial charge in [0.15, 0.2) is 0 Å². The van der Waals surface area contributed by atoms with Crippen LogP contribution in [0.25, 0.3) is 12.2 Å². The molecule has 114 valence electrons. The Morgan fingerprint density at radius 3 is 1.27 bits per heavy atom. The lowest BCUT2D eigenvalue weighted by atomic mass is 10.1. The van der Waals surface area contributed by atoms with Crippen molar-refractivity contribution in [1.82, 2.24) is 0 Å². The summed E-state index contributed by atoms with van der Waals surface area (Å²) in [6.45, 7) is 0. The van der Waals surface area contributed by atoms with E-state index in [4.69, 9.17) is 20.4 Å². The lowest BCUT2D eigenvalue weighted by Gasteiger charge is -2.00. The number of hydrogen-bond donors (Lipinski definition) is 4. The first kappa shape index (κ1) is 16.6. The predicted octanol–water partition coefficient (Wildman–Crippen LogP) is 0.792. The average Bonchev–Trinajstić information content (AvgIpc) is 2.41. The van der Waals surface area contributed by atoms with Crippen molar-refractivity contribution in [1.29, 1.82) is 0 Å². The third-order valence-electron chi connectivity index (χ3n) is 2.45. The maximum absolute atomic E-state index is 10.8. The molecule has 0 radical (unpaired) electrons. The van der Waals surface area contributed by atoms with E-state index in [1.807, 2.05) is 0 Å². The monoisotopic (exact) mass is 306 g/mol. The van der Waals surface area contributed by atoms with E-state index in [1.165, 1.54) is 24.3 Å². The van der Waals surface area contributed by atoms with Crippen LogP contribution in [0.2, 0.25) is 0 Å². The van der Waals surface area contributed by atoms with E-state index in [9.17, 15) is 19.2 Å². The zero-order valence-electron chi connectivity index (χ0n) is 10.9. The lowest BCUT2D eigenvalue weighted by Crippen LogP contribution is -2.11. The quantitative estimate of drug-likeness (QED) is 0.342.